The molecule has 1 aliphatic carbocycles. The van der Waals surface area contributed by atoms with Crippen molar-refractivity contribution in [2.24, 2.45) is 5.92 Å². The molecule has 0 saturated carbocycles. The summed E-state index contributed by atoms with van der Waals surface area (Å²) < 4.78 is 0. The number of allylic oxidation sites excluding steroid dienone is 4. The third kappa shape index (κ3) is 1.95. The van der Waals surface area contributed by atoms with E-state index in [1.54, 1.807) is 0 Å². The van der Waals surface area contributed by atoms with Crippen LogP contribution in [-0.2, 0) is 0 Å². The van der Waals surface area contributed by atoms with Crippen LogP contribution >= 0.6 is 0 Å². The van der Waals surface area contributed by atoms with E-state index >= 15 is 0 Å². The Labute approximate surface area is 86.0 Å². The Morgan fingerprint density at radius 2 is 1.43 bits per heavy atom. The average Bonchev–Trinajstić information content (AvgIpc) is 2.21. The van der Waals surface area contributed by atoms with Gasteiger partial charge in [-0.25, -0.2) is 0 Å². The van der Waals surface area contributed by atoms with E-state index in [4.69, 9.17) is 0 Å². The van der Waals surface area contributed by atoms with E-state index in [2.05, 4.69) is 62.4 Å². The quantitative estimate of drug-likeness (QED) is 0.582. The van der Waals surface area contributed by atoms with Gasteiger partial charge in [0.25, 0.3) is 0 Å². The minimum Gasteiger partial charge on any atom is -0.0810 e. The maximum Gasteiger partial charge on any atom is 0.0199 e. The van der Waals surface area contributed by atoms with Gasteiger partial charge in [-0.3, -0.25) is 0 Å². The highest BCUT2D eigenvalue weighted by Crippen LogP contribution is 2.24. The standard InChI is InChI=1S/C14H16/c1-11-3-7-13(8-4-11)14-9-5-12(2)6-10-14/h3-11,13H,1-2H3. The van der Waals surface area contributed by atoms with Crippen molar-refractivity contribution in [2.45, 2.75) is 19.8 Å². The summed E-state index contributed by atoms with van der Waals surface area (Å²) in [7, 11) is 0. The summed E-state index contributed by atoms with van der Waals surface area (Å²) in [5, 5.41) is 0. The first-order valence-corrected chi connectivity index (χ1v) is 5.19. The maximum atomic E-state index is 2.29. The lowest BCUT2D eigenvalue weighted by Crippen LogP contribution is -1.98. The molecule has 0 bridgehead atoms. The first-order chi connectivity index (χ1) is 6.75. The van der Waals surface area contributed by atoms with Gasteiger partial charge in [0.1, 0.15) is 0 Å². The zero-order valence-corrected chi connectivity index (χ0v) is 8.77. The van der Waals surface area contributed by atoms with E-state index in [9.17, 15) is 0 Å². The van der Waals surface area contributed by atoms with Crippen molar-refractivity contribution in [1.29, 1.82) is 0 Å². The molecule has 1 aliphatic rings. The van der Waals surface area contributed by atoms with Gasteiger partial charge < -0.3 is 0 Å². The smallest absolute Gasteiger partial charge is 0.0199 e. The summed E-state index contributed by atoms with van der Waals surface area (Å²) in [5.41, 5.74) is 2.71. The fourth-order valence-electron chi connectivity index (χ4n) is 1.73. The van der Waals surface area contributed by atoms with E-state index in [0.29, 0.717) is 11.8 Å². The van der Waals surface area contributed by atoms with E-state index in [0.717, 1.165) is 0 Å². The fourth-order valence-corrected chi connectivity index (χ4v) is 1.73. The summed E-state index contributed by atoms with van der Waals surface area (Å²) in [6.45, 7) is 4.33. The molecule has 0 atom stereocenters. The highest BCUT2D eigenvalue weighted by atomic mass is 14.1. The normalized spacial score (nSPS) is 25.3. The minimum atomic E-state index is 0.479. The topological polar surface area (TPSA) is 0 Å². The SMILES string of the molecule is Cc1ccc(C2C=CC(C)C=C2)cc1. The third-order valence-corrected chi connectivity index (χ3v) is 2.71. The van der Waals surface area contributed by atoms with Gasteiger partial charge in [0, 0.05) is 5.92 Å². The molecule has 0 aromatic heterocycles. The van der Waals surface area contributed by atoms with E-state index in [1.165, 1.54) is 11.1 Å². The van der Waals surface area contributed by atoms with Gasteiger partial charge in [-0.2, -0.15) is 0 Å². The summed E-state index contributed by atoms with van der Waals surface area (Å²) in [5.74, 6) is 1.07. The van der Waals surface area contributed by atoms with E-state index in [-0.39, 0.29) is 0 Å². The van der Waals surface area contributed by atoms with Crippen LogP contribution in [-0.4, -0.2) is 0 Å². The molecule has 14 heavy (non-hydrogen) atoms. The van der Waals surface area contributed by atoms with E-state index in [1.807, 2.05) is 0 Å². The molecule has 0 heteroatoms. The van der Waals surface area contributed by atoms with Gasteiger partial charge in [0.05, 0.1) is 0 Å². The van der Waals surface area contributed by atoms with Gasteiger partial charge in [0.15, 0.2) is 0 Å². The van der Waals surface area contributed by atoms with Crippen molar-refractivity contribution in [1.82, 2.24) is 0 Å². The first-order valence-electron chi connectivity index (χ1n) is 5.19. The Bertz CT molecular complexity index is 340. The molecule has 0 unspecified atom stereocenters. The second kappa shape index (κ2) is 3.83. The molecule has 0 heterocycles. The predicted octanol–water partition coefficient (Wildman–Crippen LogP) is 3.84. The fraction of sp³-hybridized carbons (Fsp3) is 0.286. The molecule has 0 N–H and O–H groups in total. The van der Waals surface area contributed by atoms with Gasteiger partial charge in [-0.1, -0.05) is 61.1 Å². The van der Waals surface area contributed by atoms with Crippen LogP contribution in [0.5, 0.6) is 0 Å². The Balaban J connectivity index is 2.20. The molecular formula is C14H16. The molecule has 1 aromatic rings. The van der Waals surface area contributed by atoms with Crippen molar-refractivity contribution < 1.29 is 0 Å². The van der Waals surface area contributed by atoms with E-state index < -0.39 is 0 Å². The molecule has 0 aliphatic heterocycles. The number of rotatable bonds is 1. The van der Waals surface area contributed by atoms with Crippen molar-refractivity contribution in [2.75, 3.05) is 0 Å². The Morgan fingerprint density at radius 1 is 0.857 bits per heavy atom. The van der Waals surface area contributed by atoms with Crippen LogP contribution in [0.4, 0.5) is 0 Å². The third-order valence-electron chi connectivity index (χ3n) is 2.71. The lowest BCUT2D eigenvalue weighted by atomic mass is 9.91. The molecule has 0 nitrogen and oxygen atoms in total. The lowest BCUT2D eigenvalue weighted by molar-refractivity contribution is 0.878. The molecule has 1 aromatic carbocycles. The Hall–Kier alpha value is -1.30. The zero-order chi connectivity index (χ0) is 9.97. The molecule has 72 valence electrons. The van der Waals surface area contributed by atoms with Crippen LogP contribution in [0.2, 0.25) is 0 Å². The van der Waals surface area contributed by atoms with Gasteiger partial charge >= 0.3 is 0 Å². The summed E-state index contributed by atoms with van der Waals surface area (Å²) in [6, 6.07) is 8.78. The van der Waals surface area contributed by atoms with Crippen LogP contribution < -0.4 is 0 Å². The molecule has 0 spiro atoms. The molecule has 0 fully saturated rings. The minimum absolute atomic E-state index is 0.479. The number of hydrogen-bond donors (Lipinski definition) is 0. The van der Waals surface area contributed by atoms with Crippen molar-refractivity contribution >= 4 is 0 Å². The summed E-state index contributed by atoms with van der Waals surface area (Å²) >= 11 is 0. The molecule has 0 saturated heterocycles. The van der Waals surface area contributed by atoms with Crippen LogP contribution in [0, 0.1) is 12.8 Å². The van der Waals surface area contributed by atoms with Crippen LogP contribution in [0.25, 0.3) is 0 Å². The van der Waals surface area contributed by atoms with Crippen LogP contribution in [0.3, 0.4) is 0 Å². The maximum absolute atomic E-state index is 2.29. The monoisotopic (exact) mass is 184 g/mol. The lowest BCUT2D eigenvalue weighted by Gasteiger charge is -2.14. The second-order valence-corrected chi connectivity index (χ2v) is 4.07. The average molecular weight is 184 g/mol. The number of benzene rings is 1. The predicted molar refractivity (Wildman–Crippen MR) is 61.4 cm³/mol. The van der Waals surface area contributed by atoms with Crippen molar-refractivity contribution in [3.63, 3.8) is 0 Å². The van der Waals surface area contributed by atoms with Crippen molar-refractivity contribution in [3.8, 4) is 0 Å². The highest BCUT2D eigenvalue weighted by molar-refractivity contribution is 5.33. The molecule has 2 rings (SSSR count). The van der Waals surface area contributed by atoms with Gasteiger partial charge in [-0.15, -0.1) is 0 Å². The summed E-state index contributed by atoms with van der Waals surface area (Å²) in [4.78, 5) is 0. The van der Waals surface area contributed by atoms with Crippen LogP contribution in [0.1, 0.15) is 24.0 Å². The van der Waals surface area contributed by atoms with Crippen molar-refractivity contribution in [3.05, 3.63) is 59.7 Å². The Morgan fingerprint density at radius 3 is 2.00 bits per heavy atom. The molecule has 0 amide bonds. The largest absolute Gasteiger partial charge is 0.0810 e. The first kappa shape index (κ1) is 9.26. The number of hydrogen-bond acceptors (Lipinski definition) is 0. The van der Waals surface area contributed by atoms with Crippen LogP contribution in [0.15, 0.2) is 48.6 Å². The Kier molecular flexibility index (Phi) is 2.53. The number of aryl methyl sites for hydroxylation is 1. The highest BCUT2D eigenvalue weighted by Gasteiger charge is 2.07. The molecular weight excluding hydrogens is 168 g/mol. The second-order valence-electron chi connectivity index (χ2n) is 4.07. The molecule has 0 radical (unpaired) electrons. The van der Waals surface area contributed by atoms with Gasteiger partial charge in [0.2, 0.25) is 0 Å². The zero-order valence-electron chi connectivity index (χ0n) is 8.77. The summed E-state index contributed by atoms with van der Waals surface area (Å²) in [6.07, 6.45) is 9.11. The van der Waals surface area contributed by atoms with Gasteiger partial charge in [-0.05, 0) is 18.4 Å².